The topological polar surface area (TPSA) is 56.6 Å². The summed E-state index contributed by atoms with van der Waals surface area (Å²) in [5.41, 5.74) is 0.292. The van der Waals surface area contributed by atoms with Gasteiger partial charge in [0.25, 0.3) is 0 Å². The fourth-order valence-electron chi connectivity index (χ4n) is 2.31. The Morgan fingerprint density at radius 3 is 2.43 bits per heavy atom. The molecule has 3 rings (SSSR count). The molecule has 0 aliphatic carbocycles. The molecule has 0 amide bonds. The highest BCUT2D eigenvalue weighted by Crippen LogP contribution is 2.26. The average Bonchev–Trinajstić information content (AvgIpc) is 2.90. The summed E-state index contributed by atoms with van der Waals surface area (Å²) in [4.78, 5) is 15.3. The third-order valence-corrected chi connectivity index (χ3v) is 3.26. The Balaban J connectivity index is 2.27. The second kappa shape index (κ2) is 4.84. The first-order valence-electron chi connectivity index (χ1n) is 6.12. The first kappa shape index (κ1) is 13.0. The van der Waals surface area contributed by atoms with Crippen LogP contribution in [0.25, 0.3) is 10.9 Å². The minimum atomic E-state index is -0.927. The number of hydrogen-bond acceptors (Lipinski definition) is 2. The highest BCUT2D eigenvalue weighted by Gasteiger charge is 2.22. The highest BCUT2D eigenvalue weighted by molar-refractivity contribution is 6.17. The van der Waals surface area contributed by atoms with Crippen molar-refractivity contribution in [3.05, 3.63) is 70.9 Å². The van der Waals surface area contributed by atoms with Crippen LogP contribution >= 0.6 is 0 Å². The Bertz CT molecular complexity index is 886. The molecule has 1 aromatic heterocycles. The first-order valence-corrected chi connectivity index (χ1v) is 6.12. The number of halogens is 2. The number of nitrogens with one attached hydrogen (secondary N) is 1. The second-order valence-corrected chi connectivity index (χ2v) is 4.47. The number of rotatable bonds is 2. The van der Waals surface area contributed by atoms with Gasteiger partial charge in [-0.3, -0.25) is 4.79 Å². The zero-order valence-corrected chi connectivity index (χ0v) is 10.7. The van der Waals surface area contributed by atoms with Gasteiger partial charge < -0.3 is 4.98 Å². The molecule has 3 nitrogen and oxygen atoms in total. The van der Waals surface area contributed by atoms with E-state index in [9.17, 15) is 13.6 Å². The number of benzene rings is 2. The van der Waals surface area contributed by atoms with Crippen molar-refractivity contribution in [2.45, 2.75) is 0 Å². The lowest BCUT2D eigenvalue weighted by atomic mass is 9.99. The predicted octanol–water partition coefficient (Wildman–Crippen LogP) is 3.55. The summed E-state index contributed by atoms with van der Waals surface area (Å²) < 4.78 is 27.5. The molecule has 0 aliphatic rings. The number of fused-ring (bicyclic) bond motifs is 1. The number of aromatic amines is 1. The Morgan fingerprint density at radius 2 is 1.76 bits per heavy atom. The van der Waals surface area contributed by atoms with Crippen molar-refractivity contribution in [3.63, 3.8) is 0 Å². The van der Waals surface area contributed by atoms with Crippen LogP contribution in [0.4, 0.5) is 8.78 Å². The molecule has 3 aromatic rings. The summed E-state index contributed by atoms with van der Waals surface area (Å²) in [5, 5.41) is 9.48. The molecule has 21 heavy (non-hydrogen) atoms. The summed E-state index contributed by atoms with van der Waals surface area (Å²) >= 11 is 0. The number of hydrogen-bond donors (Lipinski definition) is 1. The van der Waals surface area contributed by atoms with Crippen molar-refractivity contribution < 1.29 is 13.6 Å². The van der Waals surface area contributed by atoms with E-state index in [0.717, 1.165) is 12.1 Å². The van der Waals surface area contributed by atoms with Crippen molar-refractivity contribution in [3.8, 4) is 6.07 Å². The maximum atomic E-state index is 13.7. The molecule has 1 heterocycles. The monoisotopic (exact) mass is 282 g/mol. The molecular weight excluding hydrogens is 274 g/mol. The van der Waals surface area contributed by atoms with Crippen LogP contribution in [0.5, 0.6) is 0 Å². The Kier molecular flexibility index (Phi) is 2.99. The molecular formula is C16H8F2N2O. The Labute approximate surface area is 118 Å². The van der Waals surface area contributed by atoms with Gasteiger partial charge >= 0.3 is 0 Å². The first-order chi connectivity index (χ1) is 10.1. The lowest BCUT2D eigenvalue weighted by Gasteiger charge is -2.04. The van der Waals surface area contributed by atoms with E-state index in [1.54, 1.807) is 18.2 Å². The number of nitriles is 1. The van der Waals surface area contributed by atoms with Gasteiger partial charge in [-0.1, -0.05) is 12.1 Å². The number of carbonyl (C=O) groups is 1. The van der Waals surface area contributed by atoms with Crippen LogP contribution in [0.15, 0.2) is 42.6 Å². The number of nitrogens with zero attached hydrogens (tertiary/aromatic N) is 1. The fourth-order valence-corrected chi connectivity index (χ4v) is 2.31. The Morgan fingerprint density at radius 1 is 1.10 bits per heavy atom. The summed E-state index contributed by atoms with van der Waals surface area (Å²) in [6, 6.07) is 10.1. The number of aromatic nitrogens is 1. The van der Waals surface area contributed by atoms with E-state index in [-0.39, 0.29) is 11.1 Å². The predicted molar refractivity (Wildman–Crippen MR) is 72.8 cm³/mol. The zero-order valence-electron chi connectivity index (χ0n) is 10.7. The zero-order chi connectivity index (χ0) is 15.0. The van der Waals surface area contributed by atoms with Crippen LogP contribution in [-0.4, -0.2) is 10.8 Å². The third kappa shape index (κ3) is 1.98. The molecule has 2 aromatic carbocycles. The van der Waals surface area contributed by atoms with E-state index < -0.39 is 23.0 Å². The third-order valence-electron chi connectivity index (χ3n) is 3.26. The van der Waals surface area contributed by atoms with E-state index in [2.05, 4.69) is 4.98 Å². The highest BCUT2D eigenvalue weighted by atomic mass is 19.1. The number of H-pyrrole nitrogens is 1. The lowest BCUT2D eigenvalue weighted by Crippen LogP contribution is -2.07. The molecule has 0 saturated carbocycles. The summed E-state index contributed by atoms with van der Waals surface area (Å²) in [6.45, 7) is 0. The van der Waals surface area contributed by atoms with Crippen molar-refractivity contribution >= 4 is 16.7 Å². The number of ketones is 1. The van der Waals surface area contributed by atoms with Gasteiger partial charge in [0, 0.05) is 22.7 Å². The van der Waals surface area contributed by atoms with Gasteiger partial charge in [-0.2, -0.15) is 5.26 Å². The van der Waals surface area contributed by atoms with Crippen LogP contribution in [0, 0.1) is 23.0 Å². The minimum absolute atomic E-state index is 0.0751. The molecule has 0 aliphatic heterocycles. The molecule has 0 bridgehead atoms. The summed E-state index contributed by atoms with van der Waals surface area (Å²) in [6.07, 6.45) is 1.36. The average molecular weight is 282 g/mol. The quantitative estimate of drug-likeness (QED) is 0.731. The summed E-state index contributed by atoms with van der Waals surface area (Å²) in [5.74, 6) is -2.65. The van der Waals surface area contributed by atoms with Crippen molar-refractivity contribution in [2.24, 2.45) is 0 Å². The standard InChI is InChI=1S/C16H8F2N2O/c17-11-4-2-5-12(18)15(11)16(21)10-8-20-13-6-1-3-9(7-19)14(10)13/h1-6,8,20H. The maximum absolute atomic E-state index is 13.7. The molecule has 102 valence electrons. The fraction of sp³-hybridized carbons (Fsp3) is 0. The minimum Gasteiger partial charge on any atom is -0.360 e. The van der Waals surface area contributed by atoms with E-state index >= 15 is 0 Å². The number of carbonyl (C=O) groups excluding carboxylic acids is 1. The van der Waals surface area contributed by atoms with E-state index in [1.807, 2.05) is 6.07 Å². The molecule has 0 unspecified atom stereocenters. The smallest absolute Gasteiger partial charge is 0.201 e. The van der Waals surface area contributed by atoms with Gasteiger partial charge in [0.05, 0.1) is 17.2 Å². The van der Waals surface area contributed by atoms with E-state index in [4.69, 9.17) is 5.26 Å². The van der Waals surface area contributed by atoms with Crippen LogP contribution in [-0.2, 0) is 0 Å². The molecule has 0 atom stereocenters. The van der Waals surface area contributed by atoms with Gasteiger partial charge in [-0.05, 0) is 24.3 Å². The van der Waals surface area contributed by atoms with Gasteiger partial charge in [0.15, 0.2) is 0 Å². The van der Waals surface area contributed by atoms with E-state index in [0.29, 0.717) is 10.9 Å². The molecule has 5 heteroatoms. The molecule has 0 saturated heterocycles. The van der Waals surface area contributed by atoms with Gasteiger partial charge in [-0.25, -0.2) is 8.78 Å². The van der Waals surface area contributed by atoms with Crippen LogP contribution in [0.3, 0.4) is 0 Å². The van der Waals surface area contributed by atoms with Crippen molar-refractivity contribution in [1.29, 1.82) is 5.26 Å². The lowest BCUT2D eigenvalue weighted by molar-refractivity contribution is 0.103. The van der Waals surface area contributed by atoms with Gasteiger partial charge in [-0.15, -0.1) is 0 Å². The van der Waals surface area contributed by atoms with Crippen LogP contribution < -0.4 is 0 Å². The van der Waals surface area contributed by atoms with Gasteiger partial charge in [0.1, 0.15) is 11.6 Å². The van der Waals surface area contributed by atoms with Gasteiger partial charge in [0.2, 0.25) is 5.78 Å². The maximum Gasteiger partial charge on any atom is 0.201 e. The second-order valence-electron chi connectivity index (χ2n) is 4.47. The molecule has 0 fully saturated rings. The van der Waals surface area contributed by atoms with Crippen molar-refractivity contribution in [2.75, 3.05) is 0 Å². The van der Waals surface area contributed by atoms with E-state index in [1.165, 1.54) is 12.3 Å². The molecule has 0 radical (unpaired) electrons. The van der Waals surface area contributed by atoms with Crippen LogP contribution in [0.1, 0.15) is 21.5 Å². The summed E-state index contributed by atoms with van der Waals surface area (Å²) in [7, 11) is 0. The normalized spacial score (nSPS) is 10.5. The molecule has 0 spiro atoms. The largest absolute Gasteiger partial charge is 0.360 e. The molecule has 1 N–H and O–H groups in total. The van der Waals surface area contributed by atoms with Crippen LogP contribution in [0.2, 0.25) is 0 Å². The SMILES string of the molecule is N#Cc1cccc2[nH]cc(C(=O)c3c(F)cccc3F)c12. The Hall–Kier alpha value is -3.00. The van der Waals surface area contributed by atoms with Crippen molar-refractivity contribution in [1.82, 2.24) is 4.98 Å².